The molecule has 0 radical (unpaired) electrons. The first-order valence-electron chi connectivity index (χ1n) is 4.72. The molecule has 1 aromatic rings. The molecule has 3 heteroatoms. The lowest BCUT2D eigenvalue weighted by atomic mass is 10.2. The molecule has 0 spiro atoms. The van der Waals surface area contributed by atoms with Crippen molar-refractivity contribution in [3.63, 3.8) is 0 Å². The van der Waals surface area contributed by atoms with Crippen LogP contribution in [0.4, 0.5) is 11.4 Å². The molecule has 0 aliphatic carbocycles. The van der Waals surface area contributed by atoms with Crippen LogP contribution >= 0.6 is 0 Å². The molecule has 76 valence electrons. The van der Waals surface area contributed by atoms with Gasteiger partial charge in [0.1, 0.15) is 0 Å². The van der Waals surface area contributed by atoms with Crippen LogP contribution in [0.5, 0.6) is 0 Å². The quantitative estimate of drug-likeness (QED) is 0.772. The maximum Gasteiger partial charge on any atom is 0.221 e. The standard InChI is InChI=1S/C11H16N2O/c1-8(2)12-10-5-4-6-11(7-10)13-9(3)14/h4-8,12H,1-3H3,(H,13,14). The molecule has 0 unspecified atom stereocenters. The summed E-state index contributed by atoms with van der Waals surface area (Å²) in [6, 6.07) is 8.07. The van der Waals surface area contributed by atoms with Crippen molar-refractivity contribution in [3.05, 3.63) is 24.3 Å². The van der Waals surface area contributed by atoms with Gasteiger partial charge in [-0.1, -0.05) is 6.07 Å². The zero-order chi connectivity index (χ0) is 10.6. The van der Waals surface area contributed by atoms with Gasteiger partial charge in [-0.25, -0.2) is 0 Å². The highest BCUT2D eigenvalue weighted by molar-refractivity contribution is 5.89. The van der Waals surface area contributed by atoms with Gasteiger partial charge in [-0.15, -0.1) is 0 Å². The highest BCUT2D eigenvalue weighted by Crippen LogP contribution is 2.15. The Morgan fingerprint density at radius 1 is 1.29 bits per heavy atom. The Morgan fingerprint density at radius 2 is 1.93 bits per heavy atom. The molecule has 0 heterocycles. The van der Waals surface area contributed by atoms with Gasteiger partial charge in [0.25, 0.3) is 0 Å². The summed E-state index contributed by atoms with van der Waals surface area (Å²) in [7, 11) is 0. The van der Waals surface area contributed by atoms with E-state index in [9.17, 15) is 4.79 Å². The molecule has 0 saturated carbocycles. The molecule has 0 aliphatic heterocycles. The first-order chi connectivity index (χ1) is 6.58. The zero-order valence-corrected chi connectivity index (χ0v) is 8.79. The Hall–Kier alpha value is -1.51. The van der Waals surface area contributed by atoms with Gasteiger partial charge in [-0.2, -0.15) is 0 Å². The van der Waals surface area contributed by atoms with Crippen LogP contribution in [-0.2, 0) is 4.79 Å². The Bertz CT molecular complexity index is 321. The largest absolute Gasteiger partial charge is 0.383 e. The number of hydrogen-bond donors (Lipinski definition) is 2. The molecule has 1 amide bonds. The van der Waals surface area contributed by atoms with E-state index in [2.05, 4.69) is 24.5 Å². The van der Waals surface area contributed by atoms with E-state index >= 15 is 0 Å². The van der Waals surface area contributed by atoms with Crippen molar-refractivity contribution in [1.29, 1.82) is 0 Å². The number of benzene rings is 1. The van der Waals surface area contributed by atoms with Gasteiger partial charge in [-0.3, -0.25) is 4.79 Å². The average Bonchev–Trinajstić information content (AvgIpc) is 2.01. The fourth-order valence-corrected chi connectivity index (χ4v) is 1.22. The first kappa shape index (κ1) is 10.6. The summed E-state index contributed by atoms with van der Waals surface area (Å²) in [5.41, 5.74) is 1.84. The predicted molar refractivity (Wildman–Crippen MR) is 59.5 cm³/mol. The van der Waals surface area contributed by atoms with Crippen LogP contribution in [0.2, 0.25) is 0 Å². The third kappa shape index (κ3) is 3.47. The first-order valence-corrected chi connectivity index (χ1v) is 4.72. The van der Waals surface area contributed by atoms with Crippen molar-refractivity contribution in [2.45, 2.75) is 26.8 Å². The van der Waals surface area contributed by atoms with Gasteiger partial charge in [0.05, 0.1) is 0 Å². The van der Waals surface area contributed by atoms with Gasteiger partial charge in [-0.05, 0) is 32.0 Å². The number of amides is 1. The van der Waals surface area contributed by atoms with Crippen molar-refractivity contribution in [2.75, 3.05) is 10.6 Å². The minimum atomic E-state index is -0.0494. The fourth-order valence-electron chi connectivity index (χ4n) is 1.22. The number of anilines is 2. The second kappa shape index (κ2) is 4.65. The smallest absolute Gasteiger partial charge is 0.221 e. The molecule has 0 saturated heterocycles. The summed E-state index contributed by atoms with van der Waals surface area (Å²) in [5, 5.41) is 6.01. The van der Waals surface area contributed by atoms with E-state index in [0.29, 0.717) is 6.04 Å². The molecule has 0 aliphatic rings. The minimum absolute atomic E-state index is 0.0494. The van der Waals surface area contributed by atoms with Crippen molar-refractivity contribution in [3.8, 4) is 0 Å². The molecular formula is C11H16N2O. The van der Waals surface area contributed by atoms with Crippen LogP contribution in [0, 0.1) is 0 Å². The number of hydrogen-bond acceptors (Lipinski definition) is 2. The second-order valence-electron chi connectivity index (χ2n) is 3.56. The normalized spacial score (nSPS) is 10.0. The third-order valence-electron chi connectivity index (χ3n) is 1.64. The SMILES string of the molecule is CC(=O)Nc1cccc(NC(C)C)c1. The van der Waals surface area contributed by atoms with E-state index in [1.165, 1.54) is 6.92 Å². The average molecular weight is 192 g/mol. The van der Waals surface area contributed by atoms with Crippen LogP contribution in [0.25, 0.3) is 0 Å². The highest BCUT2D eigenvalue weighted by Gasteiger charge is 1.98. The number of nitrogens with one attached hydrogen (secondary N) is 2. The summed E-state index contributed by atoms with van der Waals surface area (Å²) in [5.74, 6) is -0.0494. The fraction of sp³-hybridized carbons (Fsp3) is 0.364. The molecule has 0 bridgehead atoms. The molecular weight excluding hydrogens is 176 g/mol. The van der Waals surface area contributed by atoms with Crippen LogP contribution in [-0.4, -0.2) is 11.9 Å². The summed E-state index contributed by atoms with van der Waals surface area (Å²) >= 11 is 0. The van der Waals surface area contributed by atoms with Crippen LogP contribution < -0.4 is 10.6 Å². The molecule has 1 rings (SSSR count). The summed E-state index contributed by atoms with van der Waals surface area (Å²) < 4.78 is 0. The Kier molecular flexibility index (Phi) is 3.51. The summed E-state index contributed by atoms with van der Waals surface area (Å²) in [4.78, 5) is 10.8. The van der Waals surface area contributed by atoms with E-state index in [1.807, 2.05) is 24.3 Å². The van der Waals surface area contributed by atoms with E-state index in [0.717, 1.165) is 11.4 Å². The van der Waals surface area contributed by atoms with Crippen molar-refractivity contribution in [2.24, 2.45) is 0 Å². The van der Waals surface area contributed by atoms with Gasteiger partial charge in [0.15, 0.2) is 0 Å². The number of carbonyl (C=O) groups excluding carboxylic acids is 1. The molecule has 0 aromatic heterocycles. The molecule has 14 heavy (non-hydrogen) atoms. The molecule has 0 atom stereocenters. The van der Waals surface area contributed by atoms with E-state index in [4.69, 9.17) is 0 Å². The Morgan fingerprint density at radius 3 is 2.50 bits per heavy atom. The second-order valence-corrected chi connectivity index (χ2v) is 3.56. The lowest BCUT2D eigenvalue weighted by Gasteiger charge is -2.11. The number of rotatable bonds is 3. The van der Waals surface area contributed by atoms with Crippen molar-refractivity contribution < 1.29 is 4.79 Å². The van der Waals surface area contributed by atoms with Crippen LogP contribution in [0.15, 0.2) is 24.3 Å². The van der Waals surface area contributed by atoms with Crippen LogP contribution in [0.1, 0.15) is 20.8 Å². The van der Waals surface area contributed by atoms with Gasteiger partial charge < -0.3 is 10.6 Å². The zero-order valence-electron chi connectivity index (χ0n) is 8.79. The van der Waals surface area contributed by atoms with Crippen LogP contribution in [0.3, 0.4) is 0 Å². The maximum absolute atomic E-state index is 10.8. The minimum Gasteiger partial charge on any atom is -0.383 e. The van der Waals surface area contributed by atoms with Gasteiger partial charge in [0, 0.05) is 24.3 Å². The Labute approximate surface area is 84.5 Å². The topological polar surface area (TPSA) is 41.1 Å². The Balaban J connectivity index is 2.73. The van der Waals surface area contributed by atoms with Gasteiger partial charge >= 0.3 is 0 Å². The molecule has 1 aromatic carbocycles. The van der Waals surface area contributed by atoms with E-state index in [1.54, 1.807) is 0 Å². The highest BCUT2D eigenvalue weighted by atomic mass is 16.1. The lowest BCUT2D eigenvalue weighted by Crippen LogP contribution is -2.10. The van der Waals surface area contributed by atoms with E-state index < -0.39 is 0 Å². The third-order valence-corrected chi connectivity index (χ3v) is 1.64. The van der Waals surface area contributed by atoms with Crippen molar-refractivity contribution in [1.82, 2.24) is 0 Å². The summed E-state index contributed by atoms with van der Waals surface area (Å²) in [6.07, 6.45) is 0. The monoisotopic (exact) mass is 192 g/mol. The molecule has 2 N–H and O–H groups in total. The maximum atomic E-state index is 10.8. The van der Waals surface area contributed by atoms with E-state index in [-0.39, 0.29) is 5.91 Å². The number of carbonyl (C=O) groups is 1. The summed E-state index contributed by atoms with van der Waals surface area (Å²) in [6.45, 7) is 5.65. The molecule has 0 fully saturated rings. The van der Waals surface area contributed by atoms with Crippen molar-refractivity contribution >= 4 is 17.3 Å². The van der Waals surface area contributed by atoms with Gasteiger partial charge in [0.2, 0.25) is 5.91 Å². The molecule has 3 nitrogen and oxygen atoms in total. The predicted octanol–water partition coefficient (Wildman–Crippen LogP) is 2.47. The lowest BCUT2D eigenvalue weighted by molar-refractivity contribution is -0.114.